The zero-order chi connectivity index (χ0) is 16.4. The van der Waals surface area contributed by atoms with Gasteiger partial charge in [0, 0.05) is 18.6 Å². The summed E-state index contributed by atoms with van der Waals surface area (Å²) in [4.78, 5) is 23.3. The van der Waals surface area contributed by atoms with Gasteiger partial charge in [-0.2, -0.15) is 0 Å². The predicted molar refractivity (Wildman–Crippen MR) is 66.4 cm³/mol. The maximum Gasteiger partial charge on any atom is 0.573 e. The normalized spacial score (nSPS) is 21.4. The topological polar surface area (TPSA) is 84.9 Å². The zero-order valence-electron chi connectivity index (χ0n) is 11.1. The molecule has 0 aliphatic carbocycles. The lowest BCUT2D eigenvalue weighted by Crippen LogP contribution is -2.55. The smallest absolute Gasteiger partial charge is 0.479 e. The number of benzene rings is 1. The first kappa shape index (κ1) is 16.1. The Hall–Kier alpha value is -2.29. The van der Waals surface area contributed by atoms with Gasteiger partial charge in [-0.1, -0.05) is 6.07 Å². The van der Waals surface area contributed by atoms with Crippen molar-refractivity contribution in [1.29, 1.82) is 0 Å². The molecule has 2 rings (SSSR count). The van der Waals surface area contributed by atoms with E-state index in [1.54, 1.807) is 0 Å². The van der Waals surface area contributed by atoms with Gasteiger partial charge in [-0.15, -0.1) is 13.2 Å². The second kappa shape index (κ2) is 5.84. The summed E-state index contributed by atoms with van der Waals surface area (Å²) >= 11 is 0. The standard InChI is InChI=1S/C13H12F3NO5/c14-13(15,16)22-9-3-1-2-8(6-9)10(18)17-12(11(19)20)4-5-21-7-12/h1-3,6H,4-5,7H2,(H,17,18)(H,19,20). The van der Waals surface area contributed by atoms with Gasteiger partial charge in [0.2, 0.25) is 0 Å². The minimum Gasteiger partial charge on any atom is -0.479 e. The fourth-order valence-electron chi connectivity index (χ4n) is 2.01. The second-order valence-electron chi connectivity index (χ2n) is 4.72. The molecule has 1 aromatic rings. The molecule has 0 radical (unpaired) electrons. The molecule has 0 bridgehead atoms. The van der Waals surface area contributed by atoms with Gasteiger partial charge in [-0.05, 0) is 18.2 Å². The first-order valence-electron chi connectivity index (χ1n) is 6.21. The fourth-order valence-corrected chi connectivity index (χ4v) is 2.01. The summed E-state index contributed by atoms with van der Waals surface area (Å²) in [6, 6.07) is 4.38. The highest BCUT2D eigenvalue weighted by molar-refractivity contribution is 5.98. The molecule has 2 N–H and O–H groups in total. The number of hydrogen-bond acceptors (Lipinski definition) is 4. The summed E-state index contributed by atoms with van der Waals surface area (Å²) in [5.74, 6) is -2.64. The van der Waals surface area contributed by atoms with E-state index in [2.05, 4.69) is 10.1 Å². The molecule has 1 unspecified atom stereocenters. The van der Waals surface area contributed by atoms with Crippen molar-refractivity contribution in [2.24, 2.45) is 0 Å². The van der Waals surface area contributed by atoms with Gasteiger partial charge in [0.1, 0.15) is 5.75 Å². The van der Waals surface area contributed by atoms with E-state index >= 15 is 0 Å². The first-order valence-corrected chi connectivity index (χ1v) is 6.21. The molecule has 1 saturated heterocycles. The van der Waals surface area contributed by atoms with Crippen molar-refractivity contribution in [1.82, 2.24) is 5.32 Å². The van der Waals surface area contributed by atoms with Gasteiger partial charge in [0.25, 0.3) is 5.91 Å². The molecule has 120 valence electrons. The van der Waals surface area contributed by atoms with Crippen LogP contribution in [0.15, 0.2) is 24.3 Å². The van der Waals surface area contributed by atoms with Gasteiger partial charge < -0.3 is 19.9 Å². The van der Waals surface area contributed by atoms with Gasteiger partial charge >= 0.3 is 12.3 Å². The lowest BCUT2D eigenvalue weighted by molar-refractivity contribution is -0.274. The zero-order valence-corrected chi connectivity index (χ0v) is 11.1. The summed E-state index contributed by atoms with van der Waals surface area (Å²) < 4.78 is 45.1. The third-order valence-electron chi connectivity index (χ3n) is 3.11. The molecule has 1 amide bonds. The van der Waals surface area contributed by atoms with Crippen molar-refractivity contribution < 1.29 is 37.3 Å². The van der Waals surface area contributed by atoms with E-state index in [0.29, 0.717) is 0 Å². The van der Waals surface area contributed by atoms with E-state index in [1.165, 1.54) is 12.1 Å². The summed E-state index contributed by atoms with van der Waals surface area (Å²) in [6.07, 6.45) is -4.80. The monoisotopic (exact) mass is 319 g/mol. The van der Waals surface area contributed by atoms with Crippen molar-refractivity contribution in [2.75, 3.05) is 13.2 Å². The Morgan fingerprint density at radius 3 is 2.64 bits per heavy atom. The third-order valence-corrected chi connectivity index (χ3v) is 3.11. The van der Waals surface area contributed by atoms with E-state index in [9.17, 15) is 27.9 Å². The van der Waals surface area contributed by atoms with Gasteiger partial charge in [0.05, 0.1) is 6.61 Å². The number of aliphatic carboxylic acids is 1. The van der Waals surface area contributed by atoms with Crippen LogP contribution < -0.4 is 10.1 Å². The number of carbonyl (C=O) groups is 2. The van der Waals surface area contributed by atoms with E-state index in [-0.39, 0.29) is 25.2 Å². The number of halogens is 3. The lowest BCUT2D eigenvalue weighted by atomic mass is 9.98. The van der Waals surface area contributed by atoms with Crippen molar-refractivity contribution in [3.8, 4) is 5.75 Å². The number of hydrogen-bond donors (Lipinski definition) is 2. The molecule has 1 aliphatic rings. The first-order chi connectivity index (χ1) is 10.2. The summed E-state index contributed by atoms with van der Waals surface area (Å²) in [7, 11) is 0. The average Bonchev–Trinajstić information content (AvgIpc) is 2.87. The Labute approximate surface area is 122 Å². The van der Waals surface area contributed by atoms with E-state index in [0.717, 1.165) is 12.1 Å². The van der Waals surface area contributed by atoms with Crippen LogP contribution in [0.5, 0.6) is 5.75 Å². The van der Waals surface area contributed by atoms with E-state index < -0.39 is 29.5 Å². The molecule has 22 heavy (non-hydrogen) atoms. The molecule has 9 heteroatoms. The number of ether oxygens (including phenoxy) is 2. The molecule has 1 fully saturated rings. The third kappa shape index (κ3) is 3.67. The van der Waals surface area contributed by atoms with Crippen LogP contribution in [0.2, 0.25) is 0 Å². The van der Waals surface area contributed by atoms with Crippen molar-refractivity contribution >= 4 is 11.9 Å². The number of alkyl halides is 3. The number of rotatable bonds is 4. The molecule has 1 atom stereocenters. The second-order valence-corrected chi connectivity index (χ2v) is 4.72. The average molecular weight is 319 g/mol. The highest BCUT2D eigenvalue weighted by atomic mass is 19.4. The number of carbonyl (C=O) groups excluding carboxylic acids is 1. The maximum absolute atomic E-state index is 12.2. The van der Waals surface area contributed by atoms with E-state index in [4.69, 9.17) is 4.74 Å². The Kier molecular flexibility index (Phi) is 4.27. The number of carboxylic acid groups (broad SMARTS) is 1. The summed E-state index contributed by atoms with van der Waals surface area (Å²) in [6.45, 7) is -0.0311. The Morgan fingerprint density at radius 2 is 2.09 bits per heavy atom. The minimum absolute atomic E-state index is 0.0762. The number of carboxylic acids is 1. The quantitative estimate of drug-likeness (QED) is 0.880. The Balaban J connectivity index is 2.16. The molecule has 0 spiro atoms. The van der Waals surface area contributed by atoms with Crippen LogP contribution in [0, 0.1) is 0 Å². The van der Waals surface area contributed by atoms with E-state index in [1.807, 2.05) is 0 Å². The fraction of sp³-hybridized carbons (Fsp3) is 0.385. The molecule has 0 saturated carbocycles. The van der Waals surface area contributed by atoms with Crippen LogP contribution in [0.4, 0.5) is 13.2 Å². The van der Waals surface area contributed by atoms with Gasteiger partial charge in [-0.3, -0.25) is 4.79 Å². The SMILES string of the molecule is O=C(NC1(C(=O)O)CCOC1)c1cccc(OC(F)(F)F)c1. The van der Waals surface area contributed by atoms with Crippen LogP contribution in [-0.2, 0) is 9.53 Å². The van der Waals surface area contributed by atoms with Crippen LogP contribution in [0.1, 0.15) is 16.8 Å². The highest BCUT2D eigenvalue weighted by Gasteiger charge is 2.44. The van der Waals surface area contributed by atoms with Crippen LogP contribution in [0.25, 0.3) is 0 Å². The molecular weight excluding hydrogens is 307 g/mol. The van der Waals surface area contributed by atoms with Crippen molar-refractivity contribution in [2.45, 2.75) is 18.3 Å². The summed E-state index contributed by atoms with van der Waals surface area (Å²) in [5.41, 5.74) is -1.72. The molecule has 0 aromatic heterocycles. The molecule has 1 aliphatic heterocycles. The van der Waals surface area contributed by atoms with Gasteiger partial charge in [0.15, 0.2) is 5.54 Å². The van der Waals surface area contributed by atoms with Crippen LogP contribution >= 0.6 is 0 Å². The molecule has 6 nitrogen and oxygen atoms in total. The number of amides is 1. The molecule has 1 heterocycles. The maximum atomic E-state index is 12.2. The van der Waals surface area contributed by atoms with Crippen LogP contribution in [0.3, 0.4) is 0 Å². The highest BCUT2D eigenvalue weighted by Crippen LogP contribution is 2.24. The van der Waals surface area contributed by atoms with Crippen molar-refractivity contribution in [3.63, 3.8) is 0 Å². The molecular formula is C13H12F3NO5. The predicted octanol–water partition coefficient (Wildman–Crippen LogP) is 1.56. The largest absolute Gasteiger partial charge is 0.573 e. The Bertz CT molecular complexity index is 581. The minimum atomic E-state index is -4.88. The van der Waals surface area contributed by atoms with Crippen molar-refractivity contribution in [3.05, 3.63) is 29.8 Å². The lowest BCUT2D eigenvalue weighted by Gasteiger charge is -2.23. The summed E-state index contributed by atoms with van der Waals surface area (Å²) in [5, 5.41) is 11.5. The van der Waals surface area contributed by atoms with Gasteiger partial charge in [-0.25, -0.2) is 4.79 Å². The molecule has 1 aromatic carbocycles. The van der Waals surface area contributed by atoms with Crippen LogP contribution in [-0.4, -0.2) is 42.1 Å². The number of nitrogens with one attached hydrogen (secondary N) is 1. The Morgan fingerprint density at radius 1 is 1.36 bits per heavy atom.